The van der Waals surface area contributed by atoms with E-state index in [9.17, 15) is 13.2 Å². The Kier molecular flexibility index (Phi) is 3.41. The van der Waals surface area contributed by atoms with Gasteiger partial charge in [-0.05, 0) is 31.5 Å². The van der Waals surface area contributed by atoms with Crippen molar-refractivity contribution < 1.29 is 13.2 Å². The van der Waals surface area contributed by atoms with Crippen molar-refractivity contribution in [3.05, 3.63) is 29.8 Å². The Morgan fingerprint density at radius 3 is 2.56 bits per heavy atom. The zero-order chi connectivity index (χ0) is 13.3. The van der Waals surface area contributed by atoms with Crippen LogP contribution >= 0.6 is 0 Å². The van der Waals surface area contributed by atoms with Gasteiger partial charge in [0.15, 0.2) is 0 Å². The van der Waals surface area contributed by atoms with Crippen molar-refractivity contribution in [2.24, 2.45) is 5.73 Å². The quantitative estimate of drug-likeness (QED) is 0.882. The highest BCUT2D eigenvalue weighted by Gasteiger charge is 2.43. The second kappa shape index (κ2) is 4.70. The van der Waals surface area contributed by atoms with Crippen LogP contribution in [0.4, 0.5) is 0 Å². The fourth-order valence-electron chi connectivity index (χ4n) is 2.24. The minimum atomic E-state index is -3.70. The number of hydrogen-bond donors (Lipinski definition) is 1. The summed E-state index contributed by atoms with van der Waals surface area (Å²) in [6.07, 6.45) is 1.05. The summed E-state index contributed by atoms with van der Waals surface area (Å²) in [6.45, 7) is 2.21. The highest BCUT2D eigenvalue weighted by molar-refractivity contribution is 7.90. The third-order valence-electron chi connectivity index (χ3n) is 3.16. The minimum absolute atomic E-state index is 0.102. The number of nitrogens with zero attached hydrogens (tertiary/aromatic N) is 1. The number of carbonyl (C=O) groups excluding carboxylic acids is 1. The molecule has 1 aliphatic rings. The van der Waals surface area contributed by atoms with Crippen LogP contribution in [0.2, 0.25) is 0 Å². The lowest BCUT2D eigenvalue weighted by Gasteiger charge is -2.25. The smallest absolute Gasteiger partial charge is 0.269 e. The van der Waals surface area contributed by atoms with Crippen LogP contribution in [0, 0.1) is 0 Å². The minimum Gasteiger partial charge on any atom is -0.330 e. The lowest BCUT2D eigenvalue weighted by Crippen LogP contribution is -2.40. The van der Waals surface area contributed by atoms with E-state index < -0.39 is 15.9 Å². The third kappa shape index (κ3) is 1.81. The normalized spacial score (nSPS) is 18.8. The van der Waals surface area contributed by atoms with Crippen LogP contribution in [-0.4, -0.2) is 31.2 Å². The average Bonchev–Trinajstić information content (AvgIpc) is 2.56. The lowest BCUT2D eigenvalue weighted by atomic mass is 10.1. The Morgan fingerprint density at radius 2 is 2.00 bits per heavy atom. The molecule has 1 aromatic carbocycles. The number of hydrogen-bond acceptors (Lipinski definition) is 4. The molecule has 0 bridgehead atoms. The van der Waals surface area contributed by atoms with E-state index in [-0.39, 0.29) is 16.5 Å². The summed E-state index contributed by atoms with van der Waals surface area (Å²) in [5.74, 6) is -0.439. The molecule has 1 aromatic rings. The molecular formula is C12H16N2O3S. The van der Waals surface area contributed by atoms with Crippen molar-refractivity contribution in [3.63, 3.8) is 0 Å². The molecule has 0 fully saturated rings. The summed E-state index contributed by atoms with van der Waals surface area (Å²) in [5, 5.41) is 0. The molecule has 0 radical (unpaired) electrons. The van der Waals surface area contributed by atoms with Crippen molar-refractivity contribution in [3.8, 4) is 0 Å². The van der Waals surface area contributed by atoms with Crippen LogP contribution < -0.4 is 5.73 Å². The number of rotatable bonds is 4. The van der Waals surface area contributed by atoms with E-state index in [1.54, 1.807) is 18.2 Å². The summed E-state index contributed by atoms with van der Waals surface area (Å²) in [6, 6.07) is 5.94. The molecule has 6 heteroatoms. The Morgan fingerprint density at radius 1 is 1.33 bits per heavy atom. The molecule has 18 heavy (non-hydrogen) atoms. The SMILES string of the molecule is CCC(CCN)N1C(=O)c2ccccc2S1(=O)=O. The van der Waals surface area contributed by atoms with Crippen LogP contribution in [-0.2, 0) is 10.0 Å². The Bertz CT molecular complexity index is 568. The predicted molar refractivity (Wildman–Crippen MR) is 67.5 cm³/mol. The number of nitrogens with two attached hydrogens (primary N) is 1. The summed E-state index contributed by atoms with van der Waals surface area (Å²) >= 11 is 0. The molecule has 1 atom stereocenters. The maximum absolute atomic E-state index is 12.3. The van der Waals surface area contributed by atoms with Gasteiger partial charge in [0.05, 0.1) is 5.56 Å². The number of amides is 1. The fourth-order valence-corrected chi connectivity index (χ4v) is 4.10. The molecule has 5 nitrogen and oxygen atoms in total. The maximum Gasteiger partial charge on any atom is 0.269 e. The molecule has 2 rings (SSSR count). The van der Waals surface area contributed by atoms with Gasteiger partial charge in [0.2, 0.25) is 0 Å². The lowest BCUT2D eigenvalue weighted by molar-refractivity contribution is 0.0826. The number of benzene rings is 1. The Hall–Kier alpha value is -1.40. The number of carbonyl (C=O) groups is 1. The van der Waals surface area contributed by atoms with E-state index >= 15 is 0 Å². The molecule has 0 saturated carbocycles. The first kappa shape index (κ1) is 13.0. The zero-order valence-corrected chi connectivity index (χ0v) is 11.0. The van der Waals surface area contributed by atoms with Gasteiger partial charge in [0.25, 0.3) is 15.9 Å². The van der Waals surface area contributed by atoms with Gasteiger partial charge < -0.3 is 5.73 Å². The van der Waals surface area contributed by atoms with Crippen LogP contribution in [0.3, 0.4) is 0 Å². The molecule has 0 spiro atoms. The number of fused-ring (bicyclic) bond motifs is 1. The second-order valence-electron chi connectivity index (χ2n) is 4.24. The van der Waals surface area contributed by atoms with Gasteiger partial charge in [0.1, 0.15) is 4.90 Å². The van der Waals surface area contributed by atoms with Crippen molar-refractivity contribution in [1.82, 2.24) is 4.31 Å². The van der Waals surface area contributed by atoms with Gasteiger partial charge in [-0.1, -0.05) is 19.1 Å². The van der Waals surface area contributed by atoms with Crippen LogP contribution in [0.25, 0.3) is 0 Å². The summed E-state index contributed by atoms with van der Waals surface area (Å²) in [7, 11) is -3.70. The Labute approximate surface area is 107 Å². The Balaban J connectivity index is 2.51. The fraction of sp³-hybridized carbons (Fsp3) is 0.417. The molecule has 0 aliphatic carbocycles. The van der Waals surface area contributed by atoms with E-state index in [4.69, 9.17) is 5.73 Å². The van der Waals surface area contributed by atoms with Gasteiger partial charge in [-0.2, -0.15) is 0 Å². The topological polar surface area (TPSA) is 80.5 Å². The first-order chi connectivity index (χ1) is 8.54. The first-order valence-corrected chi connectivity index (χ1v) is 7.36. The highest BCUT2D eigenvalue weighted by atomic mass is 32.2. The van der Waals surface area contributed by atoms with Crippen molar-refractivity contribution in [1.29, 1.82) is 0 Å². The van der Waals surface area contributed by atoms with Crippen molar-refractivity contribution in [2.75, 3.05) is 6.54 Å². The second-order valence-corrected chi connectivity index (χ2v) is 6.02. The van der Waals surface area contributed by atoms with Crippen molar-refractivity contribution in [2.45, 2.75) is 30.7 Å². The van der Waals surface area contributed by atoms with E-state index in [1.807, 2.05) is 6.92 Å². The van der Waals surface area contributed by atoms with Crippen LogP contribution in [0.5, 0.6) is 0 Å². The molecule has 0 aromatic heterocycles. The molecule has 1 amide bonds. The van der Waals surface area contributed by atoms with Gasteiger partial charge >= 0.3 is 0 Å². The van der Waals surface area contributed by atoms with Gasteiger partial charge in [0, 0.05) is 6.04 Å². The standard InChI is InChI=1S/C12H16N2O3S/c1-2-9(7-8-13)14-12(15)10-5-3-4-6-11(10)18(14,16)17/h3-6,9H,2,7-8,13H2,1H3. The summed E-state index contributed by atoms with van der Waals surface area (Å²) < 4.78 is 25.7. The molecule has 2 N–H and O–H groups in total. The first-order valence-electron chi connectivity index (χ1n) is 5.92. The van der Waals surface area contributed by atoms with E-state index in [1.165, 1.54) is 6.07 Å². The summed E-state index contributed by atoms with van der Waals surface area (Å²) in [4.78, 5) is 12.3. The van der Waals surface area contributed by atoms with E-state index in [0.29, 0.717) is 19.4 Å². The predicted octanol–water partition coefficient (Wildman–Crippen LogP) is 0.959. The molecule has 1 heterocycles. The molecule has 98 valence electrons. The van der Waals surface area contributed by atoms with E-state index in [0.717, 1.165) is 4.31 Å². The third-order valence-corrected chi connectivity index (χ3v) is 5.05. The number of sulfonamides is 1. The highest BCUT2D eigenvalue weighted by Crippen LogP contribution is 2.32. The van der Waals surface area contributed by atoms with Gasteiger partial charge in [-0.15, -0.1) is 0 Å². The summed E-state index contributed by atoms with van der Waals surface area (Å²) in [5.41, 5.74) is 5.74. The van der Waals surface area contributed by atoms with E-state index in [2.05, 4.69) is 0 Å². The maximum atomic E-state index is 12.3. The molecular weight excluding hydrogens is 252 g/mol. The zero-order valence-electron chi connectivity index (χ0n) is 10.2. The monoisotopic (exact) mass is 268 g/mol. The van der Waals surface area contributed by atoms with Gasteiger partial charge in [-0.3, -0.25) is 4.79 Å². The van der Waals surface area contributed by atoms with Crippen molar-refractivity contribution >= 4 is 15.9 Å². The van der Waals surface area contributed by atoms with Crippen LogP contribution in [0.1, 0.15) is 30.1 Å². The largest absolute Gasteiger partial charge is 0.330 e. The van der Waals surface area contributed by atoms with Crippen LogP contribution in [0.15, 0.2) is 29.2 Å². The average molecular weight is 268 g/mol. The molecule has 1 unspecified atom stereocenters. The molecule has 1 aliphatic heterocycles. The van der Waals surface area contributed by atoms with Gasteiger partial charge in [-0.25, -0.2) is 12.7 Å². The molecule has 0 saturated heterocycles.